The van der Waals surface area contributed by atoms with Crippen molar-refractivity contribution in [3.63, 3.8) is 0 Å². The van der Waals surface area contributed by atoms with E-state index in [1.807, 2.05) is 24.3 Å². The zero-order valence-corrected chi connectivity index (χ0v) is 7.27. The van der Waals surface area contributed by atoms with Crippen molar-refractivity contribution < 1.29 is 4.79 Å². The van der Waals surface area contributed by atoms with Crippen LogP contribution in [0.15, 0.2) is 35.5 Å². The highest BCUT2D eigenvalue weighted by Crippen LogP contribution is 2.23. The van der Waals surface area contributed by atoms with Crippen LogP contribution < -0.4 is 0 Å². The summed E-state index contributed by atoms with van der Waals surface area (Å²) in [6.45, 7) is 0. The highest BCUT2D eigenvalue weighted by molar-refractivity contribution is 6.19. The number of fused-ring (bicyclic) bond motifs is 3. The molecule has 0 atom stereocenters. The number of benzene rings is 1. The van der Waals surface area contributed by atoms with Crippen LogP contribution in [0.5, 0.6) is 0 Å². The van der Waals surface area contributed by atoms with Crippen molar-refractivity contribution >= 4 is 23.0 Å². The number of aromatic nitrogens is 1. The van der Waals surface area contributed by atoms with Gasteiger partial charge in [-0.05, 0) is 12.1 Å². The Bertz CT molecular complexity index is 573. The Hall–Kier alpha value is -2.03. The van der Waals surface area contributed by atoms with E-state index in [4.69, 9.17) is 0 Å². The molecular weight excluding hydrogens is 176 g/mol. The van der Waals surface area contributed by atoms with Gasteiger partial charge in [-0.15, -0.1) is 0 Å². The molecule has 1 aromatic carbocycles. The van der Waals surface area contributed by atoms with Crippen molar-refractivity contribution in [3.05, 3.63) is 41.6 Å². The molecule has 0 bridgehead atoms. The zero-order chi connectivity index (χ0) is 9.54. The number of hydrogen-bond acceptors (Lipinski definition) is 2. The lowest BCUT2D eigenvalue weighted by molar-refractivity contribution is 0.101. The smallest absolute Gasteiger partial charge is 0.267 e. The zero-order valence-electron chi connectivity index (χ0n) is 7.27. The first-order valence-corrected chi connectivity index (χ1v) is 4.32. The number of carbonyl (C=O) groups excluding carboxylic acids is 1. The Labute approximate surface area is 80.1 Å². The molecule has 0 saturated carbocycles. The molecule has 1 aromatic heterocycles. The molecule has 66 valence electrons. The fraction of sp³-hybridized carbons (Fsp3) is 0. The van der Waals surface area contributed by atoms with Crippen molar-refractivity contribution in [2.75, 3.05) is 0 Å². The van der Waals surface area contributed by atoms with E-state index in [2.05, 4.69) is 9.98 Å². The molecule has 0 N–H and O–H groups in total. The van der Waals surface area contributed by atoms with Crippen LogP contribution in [0.1, 0.15) is 15.9 Å². The number of rotatable bonds is 0. The minimum Gasteiger partial charge on any atom is -0.267 e. The van der Waals surface area contributed by atoms with Gasteiger partial charge in [0.1, 0.15) is 0 Å². The van der Waals surface area contributed by atoms with Gasteiger partial charge in [0.15, 0.2) is 0 Å². The maximum atomic E-state index is 11.5. The Kier molecular flexibility index (Phi) is 1.31. The molecule has 3 heteroatoms. The van der Waals surface area contributed by atoms with Crippen LogP contribution in [0, 0.1) is 0 Å². The molecule has 1 aliphatic heterocycles. The molecule has 0 aliphatic carbocycles. The van der Waals surface area contributed by atoms with Gasteiger partial charge in [0, 0.05) is 23.4 Å². The largest absolute Gasteiger partial charge is 0.278 e. The Morgan fingerprint density at radius 3 is 3.00 bits per heavy atom. The van der Waals surface area contributed by atoms with E-state index in [1.54, 1.807) is 12.4 Å². The van der Waals surface area contributed by atoms with E-state index in [0.29, 0.717) is 5.56 Å². The standard InChI is InChI=1S/C11H6N2O/c14-11-10-7(6-13-11)3-4-9-8(10)2-1-5-12-9/h1-6H. The predicted molar refractivity (Wildman–Crippen MR) is 53.7 cm³/mol. The van der Waals surface area contributed by atoms with Crippen molar-refractivity contribution in [2.45, 2.75) is 0 Å². The molecule has 2 heterocycles. The summed E-state index contributed by atoms with van der Waals surface area (Å²) < 4.78 is 0. The van der Waals surface area contributed by atoms with Crippen LogP contribution in [0.4, 0.5) is 0 Å². The third-order valence-electron chi connectivity index (χ3n) is 2.35. The number of carbonyl (C=O) groups is 1. The van der Waals surface area contributed by atoms with Gasteiger partial charge >= 0.3 is 0 Å². The van der Waals surface area contributed by atoms with Gasteiger partial charge < -0.3 is 0 Å². The molecular formula is C11H6N2O. The first-order chi connectivity index (χ1) is 6.86. The Morgan fingerprint density at radius 1 is 1.14 bits per heavy atom. The van der Waals surface area contributed by atoms with Crippen LogP contribution >= 0.6 is 0 Å². The fourth-order valence-corrected chi connectivity index (χ4v) is 1.71. The second kappa shape index (κ2) is 2.48. The summed E-state index contributed by atoms with van der Waals surface area (Å²) in [7, 11) is 0. The highest BCUT2D eigenvalue weighted by Gasteiger charge is 2.18. The molecule has 0 spiro atoms. The van der Waals surface area contributed by atoms with Gasteiger partial charge in [-0.3, -0.25) is 9.78 Å². The van der Waals surface area contributed by atoms with Crippen LogP contribution in [-0.4, -0.2) is 17.1 Å². The minimum absolute atomic E-state index is 0.168. The van der Waals surface area contributed by atoms with E-state index in [9.17, 15) is 4.79 Å². The van der Waals surface area contributed by atoms with Crippen LogP contribution in [0.3, 0.4) is 0 Å². The molecule has 0 radical (unpaired) electrons. The van der Waals surface area contributed by atoms with Crippen LogP contribution in [-0.2, 0) is 0 Å². The van der Waals surface area contributed by atoms with E-state index < -0.39 is 0 Å². The quantitative estimate of drug-likeness (QED) is 0.623. The lowest BCUT2D eigenvalue weighted by atomic mass is 10.0. The Balaban J connectivity index is 2.50. The predicted octanol–water partition coefficient (Wildman–Crippen LogP) is 1.81. The lowest BCUT2D eigenvalue weighted by Gasteiger charge is -2.00. The van der Waals surface area contributed by atoms with Gasteiger partial charge in [-0.25, -0.2) is 4.99 Å². The summed E-state index contributed by atoms with van der Waals surface area (Å²) in [5, 5.41) is 0.882. The normalized spacial score (nSPS) is 13.6. The molecule has 0 unspecified atom stereocenters. The number of nitrogens with zero attached hydrogens (tertiary/aromatic N) is 2. The van der Waals surface area contributed by atoms with E-state index in [0.717, 1.165) is 16.5 Å². The van der Waals surface area contributed by atoms with Gasteiger partial charge in [-0.1, -0.05) is 12.1 Å². The van der Waals surface area contributed by atoms with Crippen molar-refractivity contribution in [1.29, 1.82) is 0 Å². The molecule has 0 saturated heterocycles. The summed E-state index contributed by atoms with van der Waals surface area (Å²) in [6, 6.07) is 7.50. The third-order valence-corrected chi connectivity index (χ3v) is 2.35. The van der Waals surface area contributed by atoms with Gasteiger partial charge in [0.25, 0.3) is 5.91 Å². The summed E-state index contributed by atoms with van der Waals surface area (Å²) >= 11 is 0. The van der Waals surface area contributed by atoms with Crippen molar-refractivity contribution in [1.82, 2.24) is 4.98 Å². The van der Waals surface area contributed by atoms with E-state index in [-0.39, 0.29) is 5.91 Å². The molecule has 1 amide bonds. The second-order valence-corrected chi connectivity index (χ2v) is 3.16. The number of aliphatic imine (C=N–C) groups is 1. The van der Waals surface area contributed by atoms with Crippen LogP contribution in [0.2, 0.25) is 0 Å². The highest BCUT2D eigenvalue weighted by atomic mass is 16.1. The summed E-state index contributed by atoms with van der Waals surface area (Å²) in [5.41, 5.74) is 2.40. The molecule has 3 nitrogen and oxygen atoms in total. The van der Waals surface area contributed by atoms with Crippen LogP contribution in [0.25, 0.3) is 10.9 Å². The SMILES string of the molecule is O=C1N=Cc2ccc3ncccc3c21. The number of hydrogen-bond donors (Lipinski definition) is 0. The first kappa shape index (κ1) is 7.38. The maximum Gasteiger partial charge on any atom is 0.278 e. The molecule has 14 heavy (non-hydrogen) atoms. The minimum atomic E-state index is -0.168. The molecule has 0 fully saturated rings. The average Bonchev–Trinajstić information content (AvgIpc) is 2.61. The fourth-order valence-electron chi connectivity index (χ4n) is 1.71. The van der Waals surface area contributed by atoms with Crippen molar-refractivity contribution in [3.8, 4) is 0 Å². The van der Waals surface area contributed by atoms with E-state index >= 15 is 0 Å². The average molecular weight is 182 g/mol. The number of amides is 1. The molecule has 3 rings (SSSR count). The summed E-state index contributed by atoms with van der Waals surface area (Å²) in [4.78, 5) is 19.4. The lowest BCUT2D eigenvalue weighted by Crippen LogP contribution is -1.94. The third kappa shape index (κ3) is 0.836. The summed E-state index contributed by atoms with van der Waals surface area (Å²) in [6.07, 6.45) is 3.32. The second-order valence-electron chi connectivity index (χ2n) is 3.16. The summed E-state index contributed by atoms with van der Waals surface area (Å²) in [5.74, 6) is -0.168. The maximum absolute atomic E-state index is 11.5. The first-order valence-electron chi connectivity index (χ1n) is 4.32. The van der Waals surface area contributed by atoms with Gasteiger partial charge in [0.05, 0.1) is 11.1 Å². The van der Waals surface area contributed by atoms with Gasteiger partial charge in [0.2, 0.25) is 0 Å². The van der Waals surface area contributed by atoms with E-state index in [1.165, 1.54) is 0 Å². The Morgan fingerprint density at radius 2 is 2.07 bits per heavy atom. The van der Waals surface area contributed by atoms with Gasteiger partial charge in [-0.2, -0.15) is 0 Å². The van der Waals surface area contributed by atoms with Crippen molar-refractivity contribution in [2.24, 2.45) is 4.99 Å². The molecule has 1 aliphatic rings. The number of pyridine rings is 1. The topological polar surface area (TPSA) is 42.3 Å². The molecule has 2 aromatic rings. The monoisotopic (exact) mass is 182 g/mol.